The first-order valence-electron chi connectivity index (χ1n) is 5.13. The zero-order valence-corrected chi connectivity index (χ0v) is 14.2. The molecular formula is C11H14BrCl2NO2S. The van der Waals surface area contributed by atoms with Crippen LogP contribution in [0.4, 0.5) is 0 Å². The fraction of sp³-hybridized carbons (Fsp3) is 0.455. The van der Waals surface area contributed by atoms with Crippen molar-refractivity contribution < 1.29 is 8.42 Å². The summed E-state index contributed by atoms with van der Waals surface area (Å²) in [5.41, 5.74) is -0.660. The average Bonchev–Trinajstić information content (AvgIpc) is 2.31. The Bertz CT molecular complexity index is 546. The Morgan fingerprint density at radius 1 is 1.39 bits per heavy atom. The Balaban J connectivity index is 3.26. The summed E-state index contributed by atoms with van der Waals surface area (Å²) in [6, 6.07) is 4.50. The standard InChI is InChI=1S/C11H14BrCl2NO2S/c1-11(2,7-13)15(3)18(16,17)8-4-5-10(14)9(12)6-8/h4-6H,7H2,1-3H3. The Labute approximate surface area is 126 Å². The van der Waals surface area contributed by atoms with Crippen LogP contribution in [0.2, 0.25) is 5.02 Å². The first kappa shape index (κ1) is 16.2. The molecule has 0 aliphatic carbocycles. The van der Waals surface area contributed by atoms with Crippen LogP contribution in [0.3, 0.4) is 0 Å². The van der Waals surface area contributed by atoms with Gasteiger partial charge in [-0.3, -0.25) is 0 Å². The number of sulfonamides is 1. The lowest BCUT2D eigenvalue weighted by Gasteiger charge is -2.32. The number of benzene rings is 1. The summed E-state index contributed by atoms with van der Waals surface area (Å²) < 4.78 is 26.6. The molecule has 0 aromatic heterocycles. The number of halogens is 3. The molecule has 0 aliphatic heterocycles. The third kappa shape index (κ3) is 3.20. The van der Waals surface area contributed by atoms with E-state index in [0.29, 0.717) is 9.50 Å². The van der Waals surface area contributed by atoms with Crippen LogP contribution in [0.1, 0.15) is 13.8 Å². The van der Waals surface area contributed by atoms with Crippen LogP contribution in [-0.4, -0.2) is 31.2 Å². The summed E-state index contributed by atoms with van der Waals surface area (Å²) >= 11 is 14.9. The van der Waals surface area contributed by atoms with E-state index in [1.54, 1.807) is 19.9 Å². The molecule has 0 saturated heterocycles. The average molecular weight is 375 g/mol. The van der Waals surface area contributed by atoms with Gasteiger partial charge in [-0.2, -0.15) is 4.31 Å². The van der Waals surface area contributed by atoms with Gasteiger partial charge in [0.2, 0.25) is 10.0 Å². The minimum absolute atomic E-state index is 0.180. The molecule has 0 amide bonds. The summed E-state index contributed by atoms with van der Waals surface area (Å²) in [6.07, 6.45) is 0. The van der Waals surface area contributed by atoms with E-state index in [9.17, 15) is 8.42 Å². The van der Waals surface area contributed by atoms with Crippen molar-refractivity contribution in [3.8, 4) is 0 Å². The molecule has 0 fully saturated rings. The van der Waals surface area contributed by atoms with E-state index in [0.717, 1.165) is 0 Å². The number of rotatable bonds is 4. The Hall–Kier alpha value is 0.190. The minimum Gasteiger partial charge on any atom is -0.207 e. The number of nitrogens with zero attached hydrogens (tertiary/aromatic N) is 1. The smallest absolute Gasteiger partial charge is 0.207 e. The first-order valence-corrected chi connectivity index (χ1v) is 8.27. The van der Waals surface area contributed by atoms with E-state index in [2.05, 4.69) is 15.9 Å². The van der Waals surface area contributed by atoms with Crippen LogP contribution in [0, 0.1) is 0 Å². The van der Waals surface area contributed by atoms with Crippen molar-refractivity contribution in [2.75, 3.05) is 12.9 Å². The normalized spacial score (nSPS) is 13.1. The summed E-state index contributed by atoms with van der Waals surface area (Å²) in [6.45, 7) is 3.53. The Kier molecular flexibility index (Phi) is 5.12. The van der Waals surface area contributed by atoms with Gasteiger partial charge in [0, 0.05) is 22.9 Å². The second kappa shape index (κ2) is 5.67. The molecule has 0 unspecified atom stereocenters. The van der Waals surface area contributed by atoms with Gasteiger partial charge in [-0.05, 0) is 48.0 Å². The first-order chi connectivity index (χ1) is 8.13. The van der Waals surface area contributed by atoms with Crippen LogP contribution >= 0.6 is 39.1 Å². The highest BCUT2D eigenvalue weighted by molar-refractivity contribution is 9.10. The quantitative estimate of drug-likeness (QED) is 0.752. The zero-order valence-electron chi connectivity index (χ0n) is 10.2. The van der Waals surface area contributed by atoms with Gasteiger partial charge < -0.3 is 0 Å². The van der Waals surface area contributed by atoms with Gasteiger partial charge in [0.1, 0.15) is 0 Å². The van der Waals surface area contributed by atoms with Gasteiger partial charge in [0.15, 0.2) is 0 Å². The lowest BCUT2D eigenvalue weighted by molar-refractivity contribution is 0.296. The summed E-state index contributed by atoms with van der Waals surface area (Å²) in [4.78, 5) is 0.180. The molecule has 0 radical (unpaired) electrons. The van der Waals surface area contributed by atoms with Gasteiger partial charge in [0.05, 0.1) is 9.92 Å². The molecule has 0 aliphatic rings. The highest BCUT2D eigenvalue weighted by Crippen LogP contribution is 2.29. The van der Waals surface area contributed by atoms with Crippen molar-refractivity contribution in [3.63, 3.8) is 0 Å². The monoisotopic (exact) mass is 373 g/mol. The molecular weight excluding hydrogens is 361 g/mol. The molecule has 18 heavy (non-hydrogen) atoms. The molecule has 0 N–H and O–H groups in total. The van der Waals surface area contributed by atoms with Gasteiger partial charge >= 0.3 is 0 Å². The SMILES string of the molecule is CN(C(C)(C)CCl)S(=O)(=O)c1ccc(Cl)c(Br)c1. The molecule has 0 spiro atoms. The number of alkyl halides is 1. The lowest BCUT2D eigenvalue weighted by Crippen LogP contribution is -2.46. The maximum absolute atomic E-state index is 12.4. The molecule has 1 rings (SSSR count). The van der Waals surface area contributed by atoms with Crippen molar-refractivity contribution in [3.05, 3.63) is 27.7 Å². The van der Waals surface area contributed by atoms with Crippen molar-refractivity contribution in [2.45, 2.75) is 24.3 Å². The van der Waals surface area contributed by atoms with Crippen molar-refractivity contribution in [1.82, 2.24) is 4.31 Å². The van der Waals surface area contributed by atoms with Gasteiger partial charge in [0.25, 0.3) is 0 Å². The van der Waals surface area contributed by atoms with Crippen molar-refractivity contribution >= 4 is 49.2 Å². The van der Waals surface area contributed by atoms with E-state index in [-0.39, 0.29) is 10.8 Å². The topological polar surface area (TPSA) is 37.4 Å². The molecule has 7 heteroatoms. The molecule has 0 atom stereocenters. The molecule has 0 bridgehead atoms. The second-order valence-corrected chi connectivity index (χ2v) is 7.99. The van der Waals surface area contributed by atoms with Crippen LogP contribution < -0.4 is 0 Å². The molecule has 1 aromatic carbocycles. The van der Waals surface area contributed by atoms with Gasteiger partial charge in [-0.25, -0.2) is 8.42 Å². The molecule has 102 valence electrons. The van der Waals surface area contributed by atoms with Gasteiger partial charge in [-0.1, -0.05) is 11.6 Å². The largest absolute Gasteiger partial charge is 0.243 e. The van der Waals surface area contributed by atoms with Gasteiger partial charge in [-0.15, -0.1) is 11.6 Å². The van der Waals surface area contributed by atoms with Crippen molar-refractivity contribution in [2.24, 2.45) is 0 Å². The van der Waals surface area contributed by atoms with E-state index in [1.807, 2.05) is 0 Å². The van der Waals surface area contributed by atoms with E-state index in [1.165, 1.54) is 23.5 Å². The minimum atomic E-state index is -3.59. The van der Waals surface area contributed by atoms with E-state index < -0.39 is 15.6 Å². The van der Waals surface area contributed by atoms with Crippen LogP contribution in [-0.2, 0) is 10.0 Å². The zero-order chi connectivity index (χ0) is 14.1. The Morgan fingerprint density at radius 2 is 1.94 bits per heavy atom. The molecule has 0 heterocycles. The third-order valence-corrected chi connectivity index (χ3v) is 6.66. The predicted molar refractivity (Wildman–Crippen MR) is 78.9 cm³/mol. The molecule has 1 aromatic rings. The van der Waals surface area contributed by atoms with Crippen LogP contribution in [0.5, 0.6) is 0 Å². The highest BCUT2D eigenvalue weighted by atomic mass is 79.9. The highest BCUT2D eigenvalue weighted by Gasteiger charge is 2.33. The fourth-order valence-corrected chi connectivity index (χ4v) is 3.64. The third-order valence-electron chi connectivity index (χ3n) is 2.73. The van der Waals surface area contributed by atoms with E-state index in [4.69, 9.17) is 23.2 Å². The molecule has 0 saturated carbocycles. The number of hydrogen-bond donors (Lipinski definition) is 0. The number of hydrogen-bond acceptors (Lipinski definition) is 2. The maximum atomic E-state index is 12.4. The predicted octanol–water partition coefficient (Wildman–Crippen LogP) is 3.74. The summed E-state index contributed by atoms with van der Waals surface area (Å²) in [5, 5.41) is 0.466. The van der Waals surface area contributed by atoms with Crippen molar-refractivity contribution in [1.29, 1.82) is 0 Å². The summed E-state index contributed by atoms with van der Waals surface area (Å²) in [5.74, 6) is 0.206. The lowest BCUT2D eigenvalue weighted by atomic mass is 10.1. The molecule has 3 nitrogen and oxygen atoms in total. The van der Waals surface area contributed by atoms with Crippen LogP contribution in [0.25, 0.3) is 0 Å². The summed E-state index contributed by atoms with van der Waals surface area (Å²) in [7, 11) is -2.07. The maximum Gasteiger partial charge on any atom is 0.243 e. The fourth-order valence-electron chi connectivity index (χ4n) is 1.20. The Morgan fingerprint density at radius 3 is 2.39 bits per heavy atom. The van der Waals surface area contributed by atoms with E-state index >= 15 is 0 Å². The van der Waals surface area contributed by atoms with Crippen LogP contribution in [0.15, 0.2) is 27.6 Å². The second-order valence-electron chi connectivity index (χ2n) is 4.49.